The van der Waals surface area contributed by atoms with E-state index >= 15 is 0 Å². The molecule has 0 fully saturated rings. The highest BCUT2D eigenvalue weighted by atomic mass is 16.5. The Kier molecular flexibility index (Phi) is 2.81. The molecule has 0 radical (unpaired) electrons. The lowest BCUT2D eigenvalue weighted by Crippen LogP contribution is -2.11. The van der Waals surface area contributed by atoms with Crippen LogP contribution >= 0.6 is 0 Å². The third-order valence-electron chi connectivity index (χ3n) is 4.15. The summed E-state index contributed by atoms with van der Waals surface area (Å²) < 4.78 is 7.58. The van der Waals surface area contributed by atoms with Gasteiger partial charge in [0.1, 0.15) is 12.4 Å². The molecule has 1 aliphatic rings. The molecule has 0 saturated carbocycles. The standard InChI is InChI=1S/C18H15NO3/c1-11(21)19-16-7-6-12(9-20)8-14(16)15-10-22-17-5-3-2-4-13(17)18(15)19/h2-8,20H,9-10H2,1H3. The van der Waals surface area contributed by atoms with E-state index in [4.69, 9.17) is 4.74 Å². The minimum absolute atomic E-state index is 0.0204. The number of hydrogen-bond acceptors (Lipinski definition) is 3. The first kappa shape index (κ1) is 13.1. The van der Waals surface area contributed by atoms with Crippen molar-refractivity contribution in [2.75, 3.05) is 0 Å². The first-order valence-electron chi connectivity index (χ1n) is 7.21. The highest BCUT2D eigenvalue weighted by Gasteiger charge is 2.26. The fourth-order valence-corrected chi connectivity index (χ4v) is 3.20. The summed E-state index contributed by atoms with van der Waals surface area (Å²) in [6.07, 6.45) is 0. The number of aliphatic hydroxyl groups is 1. The number of carbonyl (C=O) groups excluding carboxylic acids is 1. The zero-order valence-electron chi connectivity index (χ0n) is 12.2. The van der Waals surface area contributed by atoms with Gasteiger partial charge in [0, 0.05) is 23.4 Å². The average Bonchev–Trinajstić information content (AvgIpc) is 2.89. The van der Waals surface area contributed by atoms with Crippen LogP contribution < -0.4 is 4.74 Å². The average molecular weight is 293 g/mol. The Hall–Kier alpha value is -2.59. The monoisotopic (exact) mass is 293 g/mol. The Morgan fingerprint density at radius 3 is 2.86 bits per heavy atom. The predicted molar refractivity (Wildman–Crippen MR) is 83.9 cm³/mol. The van der Waals surface area contributed by atoms with Crippen molar-refractivity contribution in [2.45, 2.75) is 20.1 Å². The quantitative estimate of drug-likeness (QED) is 0.748. The van der Waals surface area contributed by atoms with Crippen molar-refractivity contribution in [1.82, 2.24) is 4.57 Å². The van der Waals surface area contributed by atoms with Gasteiger partial charge in [0.2, 0.25) is 5.91 Å². The number of para-hydroxylation sites is 1. The summed E-state index contributed by atoms with van der Waals surface area (Å²) >= 11 is 0. The van der Waals surface area contributed by atoms with Crippen molar-refractivity contribution in [3.8, 4) is 17.0 Å². The zero-order valence-corrected chi connectivity index (χ0v) is 12.2. The Balaban J connectivity index is 2.14. The first-order valence-corrected chi connectivity index (χ1v) is 7.21. The minimum Gasteiger partial charge on any atom is -0.488 e. The van der Waals surface area contributed by atoms with Crippen molar-refractivity contribution in [1.29, 1.82) is 0 Å². The summed E-state index contributed by atoms with van der Waals surface area (Å²) in [5.41, 5.74) is 4.52. The van der Waals surface area contributed by atoms with Crippen LogP contribution in [-0.4, -0.2) is 15.6 Å². The van der Waals surface area contributed by atoms with Crippen molar-refractivity contribution < 1.29 is 14.6 Å². The van der Waals surface area contributed by atoms with E-state index in [1.165, 1.54) is 0 Å². The lowest BCUT2D eigenvalue weighted by Gasteiger charge is -2.19. The molecular formula is C18H15NO3. The molecule has 0 bridgehead atoms. The van der Waals surface area contributed by atoms with Gasteiger partial charge in [-0.1, -0.05) is 18.2 Å². The maximum absolute atomic E-state index is 12.2. The van der Waals surface area contributed by atoms with Crippen molar-refractivity contribution >= 4 is 16.8 Å². The summed E-state index contributed by atoms with van der Waals surface area (Å²) in [5, 5.41) is 10.3. The van der Waals surface area contributed by atoms with E-state index in [2.05, 4.69) is 0 Å². The van der Waals surface area contributed by atoms with Crippen LogP contribution in [-0.2, 0) is 13.2 Å². The van der Waals surface area contributed by atoms with E-state index < -0.39 is 0 Å². The molecule has 22 heavy (non-hydrogen) atoms. The smallest absolute Gasteiger partial charge is 0.228 e. The van der Waals surface area contributed by atoms with E-state index in [-0.39, 0.29) is 12.5 Å². The fraction of sp³-hybridized carbons (Fsp3) is 0.167. The molecule has 1 N–H and O–H groups in total. The molecule has 0 aliphatic carbocycles. The fourth-order valence-electron chi connectivity index (χ4n) is 3.20. The molecule has 3 aromatic rings. The van der Waals surface area contributed by atoms with Gasteiger partial charge in [-0.2, -0.15) is 0 Å². The van der Waals surface area contributed by atoms with Crippen molar-refractivity contribution in [3.63, 3.8) is 0 Å². The van der Waals surface area contributed by atoms with Crippen LogP contribution in [0.5, 0.6) is 5.75 Å². The predicted octanol–water partition coefficient (Wildman–Crippen LogP) is 3.35. The molecule has 1 aliphatic heterocycles. The van der Waals surface area contributed by atoms with Crippen molar-refractivity contribution in [3.05, 3.63) is 53.6 Å². The molecule has 4 rings (SSSR count). The van der Waals surface area contributed by atoms with Gasteiger partial charge in [-0.05, 0) is 29.8 Å². The molecule has 0 amide bonds. The van der Waals surface area contributed by atoms with Gasteiger partial charge in [-0.3, -0.25) is 9.36 Å². The molecule has 0 unspecified atom stereocenters. The van der Waals surface area contributed by atoms with Crippen LogP contribution in [0, 0.1) is 0 Å². The number of hydrogen-bond donors (Lipinski definition) is 1. The van der Waals surface area contributed by atoms with Crippen LogP contribution in [0.2, 0.25) is 0 Å². The SMILES string of the molecule is CC(=O)n1c2c(c3cc(CO)ccc31)COc1ccccc1-2. The zero-order chi connectivity index (χ0) is 15.3. The van der Waals surface area contributed by atoms with E-state index in [0.29, 0.717) is 6.61 Å². The summed E-state index contributed by atoms with van der Waals surface area (Å²) in [6.45, 7) is 1.98. The van der Waals surface area contributed by atoms with Crippen LogP contribution in [0.1, 0.15) is 22.8 Å². The summed E-state index contributed by atoms with van der Waals surface area (Å²) in [7, 11) is 0. The topological polar surface area (TPSA) is 51.5 Å². The van der Waals surface area contributed by atoms with Crippen LogP contribution in [0.15, 0.2) is 42.5 Å². The summed E-state index contributed by atoms with van der Waals surface area (Å²) in [5.74, 6) is 0.766. The van der Waals surface area contributed by atoms with E-state index in [0.717, 1.165) is 39.0 Å². The highest BCUT2D eigenvalue weighted by Crippen LogP contribution is 2.42. The largest absolute Gasteiger partial charge is 0.488 e. The molecule has 0 atom stereocenters. The molecule has 2 aromatic carbocycles. The molecular weight excluding hydrogens is 278 g/mol. The molecule has 1 aromatic heterocycles. The molecule has 0 spiro atoms. The van der Waals surface area contributed by atoms with Gasteiger partial charge in [0.15, 0.2) is 0 Å². The van der Waals surface area contributed by atoms with Gasteiger partial charge in [0.05, 0.1) is 17.8 Å². The lowest BCUT2D eigenvalue weighted by molar-refractivity contribution is 0.0943. The Morgan fingerprint density at radius 2 is 2.09 bits per heavy atom. The Labute approximate surface area is 127 Å². The van der Waals surface area contributed by atoms with Crippen LogP contribution in [0.25, 0.3) is 22.2 Å². The van der Waals surface area contributed by atoms with Gasteiger partial charge in [0.25, 0.3) is 0 Å². The molecule has 110 valence electrons. The maximum Gasteiger partial charge on any atom is 0.228 e. The molecule has 0 saturated heterocycles. The number of nitrogens with zero attached hydrogens (tertiary/aromatic N) is 1. The third-order valence-corrected chi connectivity index (χ3v) is 4.15. The van der Waals surface area contributed by atoms with E-state index in [9.17, 15) is 9.90 Å². The van der Waals surface area contributed by atoms with E-state index in [1.807, 2.05) is 42.5 Å². The molecule has 4 nitrogen and oxygen atoms in total. The Morgan fingerprint density at radius 1 is 1.27 bits per heavy atom. The molecule has 4 heteroatoms. The van der Waals surface area contributed by atoms with E-state index in [1.54, 1.807) is 11.5 Å². The molecule has 2 heterocycles. The van der Waals surface area contributed by atoms with Gasteiger partial charge < -0.3 is 9.84 Å². The number of carbonyl (C=O) groups is 1. The second-order valence-corrected chi connectivity index (χ2v) is 5.48. The third kappa shape index (κ3) is 1.71. The number of fused-ring (bicyclic) bond motifs is 5. The summed E-state index contributed by atoms with van der Waals surface area (Å²) in [4.78, 5) is 12.2. The minimum atomic E-state index is -0.0281. The normalized spacial score (nSPS) is 12.6. The van der Waals surface area contributed by atoms with Gasteiger partial charge in [-0.15, -0.1) is 0 Å². The number of rotatable bonds is 1. The highest BCUT2D eigenvalue weighted by molar-refractivity contribution is 6.02. The van der Waals surface area contributed by atoms with Crippen LogP contribution in [0.4, 0.5) is 0 Å². The Bertz CT molecular complexity index is 908. The van der Waals surface area contributed by atoms with Crippen LogP contribution in [0.3, 0.4) is 0 Å². The number of ether oxygens (including phenoxy) is 1. The summed E-state index contributed by atoms with van der Waals surface area (Å²) in [6, 6.07) is 13.4. The number of aliphatic hydroxyl groups excluding tert-OH is 1. The number of aromatic nitrogens is 1. The van der Waals surface area contributed by atoms with Gasteiger partial charge in [-0.25, -0.2) is 0 Å². The number of benzene rings is 2. The second-order valence-electron chi connectivity index (χ2n) is 5.48. The van der Waals surface area contributed by atoms with Crippen molar-refractivity contribution in [2.24, 2.45) is 0 Å². The van der Waals surface area contributed by atoms with Gasteiger partial charge >= 0.3 is 0 Å². The second kappa shape index (κ2) is 4.71. The maximum atomic E-state index is 12.2. The first-order chi connectivity index (χ1) is 10.7. The lowest BCUT2D eigenvalue weighted by atomic mass is 10.0.